The Morgan fingerprint density at radius 1 is 1.07 bits per heavy atom. The number of aromatic amines is 1. The smallest absolute Gasteiger partial charge is 0.208 e. The predicted molar refractivity (Wildman–Crippen MR) is 109 cm³/mol. The van der Waals surface area contributed by atoms with Crippen LogP contribution in [0.4, 0.5) is 4.39 Å². The molecule has 28 heavy (non-hydrogen) atoms. The Morgan fingerprint density at radius 3 is 2.64 bits per heavy atom. The average molecular weight is 433 g/mol. The highest BCUT2D eigenvalue weighted by atomic mass is 35.5. The fraction of sp³-hybridized carbons (Fsp3) is 0.105. The van der Waals surface area contributed by atoms with E-state index in [-0.39, 0.29) is 5.82 Å². The first-order chi connectivity index (χ1) is 13.7. The van der Waals surface area contributed by atoms with E-state index in [1.165, 1.54) is 35.2 Å². The van der Waals surface area contributed by atoms with Crippen molar-refractivity contribution >= 4 is 34.7 Å². The zero-order valence-electron chi connectivity index (χ0n) is 14.4. The van der Waals surface area contributed by atoms with Gasteiger partial charge in [0.05, 0.1) is 5.69 Å². The fourth-order valence-electron chi connectivity index (χ4n) is 2.33. The molecule has 0 fully saturated rings. The van der Waals surface area contributed by atoms with Gasteiger partial charge in [0, 0.05) is 21.7 Å². The number of aromatic nitrogens is 4. The SMILES string of the molecule is Fc1ccc(-c2nc(CSc3n[nH]c(COc4ccc(Cl)cc4)n3)cs2)cc1. The molecule has 5 nitrogen and oxygen atoms in total. The fourth-order valence-corrected chi connectivity index (χ4v) is 4.09. The van der Waals surface area contributed by atoms with Crippen LogP contribution in [-0.2, 0) is 12.4 Å². The standard InChI is InChI=1S/C19H14ClFN4OS2/c20-13-3-7-16(8-4-13)26-9-17-23-19(25-24-17)28-11-15-10-27-18(22-15)12-1-5-14(21)6-2-12/h1-8,10H,9,11H2,(H,23,24,25). The molecule has 142 valence electrons. The van der Waals surface area contributed by atoms with Crippen LogP contribution >= 0.6 is 34.7 Å². The van der Waals surface area contributed by atoms with Crippen LogP contribution in [0, 0.1) is 5.82 Å². The summed E-state index contributed by atoms with van der Waals surface area (Å²) in [4.78, 5) is 9.00. The highest BCUT2D eigenvalue weighted by Gasteiger charge is 2.09. The van der Waals surface area contributed by atoms with E-state index in [9.17, 15) is 4.39 Å². The Balaban J connectivity index is 1.31. The predicted octanol–water partition coefficient (Wildman–Crippen LogP) is 5.59. The number of nitrogens with zero attached hydrogens (tertiary/aromatic N) is 3. The summed E-state index contributed by atoms with van der Waals surface area (Å²) in [6.07, 6.45) is 0. The van der Waals surface area contributed by atoms with Gasteiger partial charge in [0.15, 0.2) is 5.82 Å². The molecule has 0 atom stereocenters. The zero-order valence-corrected chi connectivity index (χ0v) is 16.8. The summed E-state index contributed by atoms with van der Waals surface area (Å²) in [5.41, 5.74) is 1.83. The van der Waals surface area contributed by atoms with Crippen LogP contribution in [0.15, 0.2) is 59.1 Å². The van der Waals surface area contributed by atoms with Gasteiger partial charge in [0.1, 0.15) is 23.2 Å². The molecule has 4 aromatic rings. The molecule has 4 rings (SSSR count). The number of halogens is 2. The van der Waals surface area contributed by atoms with Crippen LogP contribution in [0.25, 0.3) is 10.6 Å². The summed E-state index contributed by atoms with van der Waals surface area (Å²) in [5, 5.41) is 11.2. The first-order valence-electron chi connectivity index (χ1n) is 8.28. The van der Waals surface area contributed by atoms with E-state index in [0.717, 1.165) is 16.3 Å². The molecule has 9 heteroatoms. The first-order valence-corrected chi connectivity index (χ1v) is 10.5. The minimum absolute atomic E-state index is 0.253. The van der Waals surface area contributed by atoms with Crippen LogP contribution in [-0.4, -0.2) is 20.2 Å². The van der Waals surface area contributed by atoms with E-state index in [4.69, 9.17) is 16.3 Å². The molecular weight excluding hydrogens is 419 g/mol. The highest BCUT2D eigenvalue weighted by Crippen LogP contribution is 2.27. The number of benzene rings is 2. The molecule has 0 saturated carbocycles. The van der Waals surface area contributed by atoms with E-state index >= 15 is 0 Å². The number of thioether (sulfide) groups is 1. The Labute approximate surface area is 174 Å². The summed E-state index contributed by atoms with van der Waals surface area (Å²) < 4.78 is 18.7. The van der Waals surface area contributed by atoms with Crippen molar-refractivity contribution in [3.8, 4) is 16.3 Å². The van der Waals surface area contributed by atoms with E-state index in [1.54, 1.807) is 36.4 Å². The Morgan fingerprint density at radius 2 is 1.86 bits per heavy atom. The third-order valence-corrected chi connectivity index (χ3v) is 5.77. The third-order valence-electron chi connectivity index (χ3n) is 3.69. The molecule has 0 aliphatic carbocycles. The van der Waals surface area contributed by atoms with Crippen molar-refractivity contribution in [3.05, 3.63) is 76.3 Å². The number of hydrogen-bond acceptors (Lipinski definition) is 6. The Hall–Kier alpha value is -2.42. The number of nitrogens with one attached hydrogen (secondary N) is 1. The second-order valence-corrected chi connectivity index (χ2v) is 7.98. The van der Waals surface area contributed by atoms with Crippen LogP contribution in [0.2, 0.25) is 5.02 Å². The molecule has 0 amide bonds. The van der Waals surface area contributed by atoms with Crippen molar-refractivity contribution in [1.29, 1.82) is 0 Å². The van der Waals surface area contributed by atoms with Crippen molar-refractivity contribution in [2.24, 2.45) is 0 Å². The van der Waals surface area contributed by atoms with Gasteiger partial charge in [-0.2, -0.15) is 0 Å². The van der Waals surface area contributed by atoms with Gasteiger partial charge in [-0.25, -0.2) is 14.4 Å². The summed E-state index contributed by atoms with van der Waals surface area (Å²) in [7, 11) is 0. The Bertz CT molecular complexity index is 1050. The molecular formula is C19H14ClFN4OS2. The van der Waals surface area contributed by atoms with Crippen LogP contribution in [0.1, 0.15) is 11.5 Å². The molecule has 1 N–H and O–H groups in total. The van der Waals surface area contributed by atoms with E-state index in [1.807, 2.05) is 5.38 Å². The lowest BCUT2D eigenvalue weighted by atomic mass is 10.2. The highest BCUT2D eigenvalue weighted by molar-refractivity contribution is 7.98. The average Bonchev–Trinajstić information content (AvgIpc) is 3.36. The molecule has 2 aromatic carbocycles. The molecule has 0 unspecified atom stereocenters. The molecule has 2 heterocycles. The van der Waals surface area contributed by atoms with Crippen LogP contribution in [0.3, 0.4) is 0 Å². The van der Waals surface area contributed by atoms with Crippen molar-refractivity contribution in [2.45, 2.75) is 17.5 Å². The largest absolute Gasteiger partial charge is 0.486 e. The third kappa shape index (κ3) is 4.89. The Kier molecular flexibility index (Phi) is 5.90. The van der Waals surface area contributed by atoms with Crippen molar-refractivity contribution in [2.75, 3.05) is 0 Å². The van der Waals surface area contributed by atoms with E-state index in [0.29, 0.717) is 34.1 Å². The number of thiazole rings is 1. The number of hydrogen-bond donors (Lipinski definition) is 1. The molecule has 0 radical (unpaired) electrons. The maximum Gasteiger partial charge on any atom is 0.208 e. The van der Waals surface area contributed by atoms with Gasteiger partial charge in [-0.3, -0.25) is 5.10 Å². The summed E-state index contributed by atoms with van der Waals surface area (Å²) in [6, 6.07) is 13.5. The maximum absolute atomic E-state index is 13.0. The van der Waals surface area contributed by atoms with Gasteiger partial charge < -0.3 is 4.74 Å². The summed E-state index contributed by atoms with van der Waals surface area (Å²) >= 11 is 8.87. The second-order valence-electron chi connectivity index (χ2n) is 5.75. The van der Waals surface area contributed by atoms with Crippen molar-refractivity contribution in [3.63, 3.8) is 0 Å². The summed E-state index contributed by atoms with van der Waals surface area (Å²) in [5.74, 6) is 1.75. The van der Waals surface area contributed by atoms with Gasteiger partial charge >= 0.3 is 0 Å². The van der Waals surface area contributed by atoms with Crippen molar-refractivity contribution < 1.29 is 9.13 Å². The number of H-pyrrole nitrogens is 1. The van der Waals surface area contributed by atoms with E-state index in [2.05, 4.69) is 20.2 Å². The lowest BCUT2D eigenvalue weighted by Gasteiger charge is -2.03. The van der Waals surface area contributed by atoms with Crippen molar-refractivity contribution in [1.82, 2.24) is 20.2 Å². The normalized spacial score (nSPS) is 10.9. The van der Waals surface area contributed by atoms with Gasteiger partial charge in [0.25, 0.3) is 0 Å². The minimum atomic E-state index is -0.253. The zero-order chi connectivity index (χ0) is 19.3. The van der Waals surface area contributed by atoms with Gasteiger partial charge in [-0.05, 0) is 48.5 Å². The molecule has 0 bridgehead atoms. The quantitative estimate of drug-likeness (QED) is 0.385. The minimum Gasteiger partial charge on any atom is -0.486 e. The second kappa shape index (κ2) is 8.72. The number of ether oxygens (including phenoxy) is 1. The van der Waals surface area contributed by atoms with Crippen LogP contribution in [0.5, 0.6) is 5.75 Å². The van der Waals surface area contributed by atoms with Crippen LogP contribution < -0.4 is 4.74 Å². The van der Waals surface area contributed by atoms with Gasteiger partial charge in [-0.15, -0.1) is 16.4 Å². The maximum atomic E-state index is 13.0. The molecule has 0 aliphatic rings. The molecule has 2 aromatic heterocycles. The van der Waals surface area contributed by atoms with Gasteiger partial charge in [-0.1, -0.05) is 23.4 Å². The first kappa shape index (κ1) is 18.9. The lowest BCUT2D eigenvalue weighted by Crippen LogP contribution is -1.97. The van der Waals surface area contributed by atoms with Gasteiger partial charge in [0.2, 0.25) is 5.16 Å². The van der Waals surface area contributed by atoms with E-state index < -0.39 is 0 Å². The number of rotatable bonds is 7. The monoisotopic (exact) mass is 432 g/mol. The lowest BCUT2D eigenvalue weighted by molar-refractivity contribution is 0.296. The molecule has 0 spiro atoms. The topological polar surface area (TPSA) is 63.7 Å². The molecule has 0 saturated heterocycles. The summed E-state index contributed by atoms with van der Waals surface area (Å²) in [6.45, 7) is 0.292. The molecule has 0 aliphatic heterocycles.